The van der Waals surface area contributed by atoms with Crippen molar-refractivity contribution in [3.05, 3.63) is 82.8 Å². The van der Waals surface area contributed by atoms with Crippen LogP contribution in [0.25, 0.3) is 5.65 Å². The van der Waals surface area contributed by atoms with Crippen molar-refractivity contribution in [2.45, 2.75) is 24.8 Å². The van der Waals surface area contributed by atoms with E-state index in [4.69, 9.17) is 16.3 Å². The molecular formula is C22H19ClN4O3S. The molecule has 0 unspecified atom stereocenters. The van der Waals surface area contributed by atoms with Crippen molar-refractivity contribution in [3.63, 3.8) is 0 Å². The first kappa shape index (κ1) is 20.0. The summed E-state index contributed by atoms with van der Waals surface area (Å²) < 4.78 is 35.5. The fourth-order valence-corrected chi connectivity index (χ4v) is 5.31. The van der Waals surface area contributed by atoms with Crippen LogP contribution in [0.4, 0.5) is 0 Å². The summed E-state index contributed by atoms with van der Waals surface area (Å²) in [4.78, 5) is 4.63. The van der Waals surface area contributed by atoms with E-state index in [2.05, 4.69) is 10.1 Å². The smallest absolute Gasteiger partial charge is 0.243 e. The highest BCUT2D eigenvalue weighted by Crippen LogP contribution is 2.30. The van der Waals surface area contributed by atoms with Crippen LogP contribution in [0.1, 0.15) is 17.0 Å². The first-order valence-electron chi connectivity index (χ1n) is 9.77. The number of sulfonamides is 1. The normalized spacial score (nSPS) is 14.5. The zero-order chi connectivity index (χ0) is 21.6. The lowest BCUT2D eigenvalue weighted by molar-refractivity contribution is 0.384. The molecule has 0 fully saturated rings. The number of fused-ring (bicyclic) bond motifs is 3. The Balaban J connectivity index is 1.38. The van der Waals surface area contributed by atoms with Gasteiger partial charge in [-0.1, -0.05) is 23.7 Å². The van der Waals surface area contributed by atoms with Gasteiger partial charge in [0.2, 0.25) is 10.0 Å². The van der Waals surface area contributed by atoms with Crippen molar-refractivity contribution in [2.75, 3.05) is 6.54 Å². The molecule has 2 aromatic heterocycles. The van der Waals surface area contributed by atoms with Crippen LogP contribution in [0.2, 0.25) is 5.02 Å². The Kier molecular flexibility index (Phi) is 4.92. The number of halogens is 1. The molecule has 0 amide bonds. The minimum Gasteiger partial charge on any atom is -0.456 e. The Morgan fingerprint density at radius 3 is 2.65 bits per heavy atom. The summed E-state index contributed by atoms with van der Waals surface area (Å²) in [5, 5.41) is 4.97. The predicted molar refractivity (Wildman–Crippen MR) is 117 cm³/mol. The Morgan fingerprint density at radius 2 is 1.87 bits per heavy atom. The number of hydrogen-bond acceptors (Lipinski definition) is 5. The van der Waals surface area contributed by atoms with Crippen molar-refractivity contribution in [1.29, 1.82) is 0 Å². The number of hydrogen-bond donors (Lipinski definition) is 0. The lowest BCUT2D eigenvalue weighted by atomic mass is 10.1. The van der Waals surface area contributed by atoms with Crippen LogP contribution in [-0.2, 0) is 23.0 Å². The topological polar surface area (TPSA) is 76.8 Å². The molecule has 31 heavy (non-hydrogen) atoms. The molecule has 0 N–H and O–H groups in total. The number of nitrogens with zero attached hydrogens (tertiary/aromatic N) is 4. The Morgan fingerprint density at radius 1 is 1.10 bits per heavy atom. The highest BCUT2D eigenvalue weighted by atomic mass is 35.5. The van der Waals surface area contributed by atoms with Gasteiger partial charge in [0.15, 0.2) is 5.65 Å². The second kappa shape index (κ2) is 7.64. The van der Waals surface area contributed by atoms with Gasteiger partial charge in [0.25, 0.3) is 0 Å². The summed E-state index contributed by atoms with van der Waals surface area (Å²) in [6.45, 7) is 2.56. The van der Waals surface area contributed by atoms with E-state index < -0.39 is 10.0 Å². The fourth-order valence-electron chi connectivity index (χ4n) is 3.72. The molecule has 0 bridgehead atoms. The maximum atomic E-state index is 13.2. The van der Waals surface area contributed by atoms with E-state index in [9.17, 15) is 8.42 Å². The second-order valence-corrected chi connectivity index (χ2v) is 9.72. The SMILES string of the molecule is Cc1cc2ncc3c(n2n1)CCN(S(=O)(=O)c1ccc(Oc2ccccc2Cl)cc1)C3. The molecule has 0 atom stereocenters. The van der Waals surface area contributed by atoms with Gasteiger partial charge in [-0.25, -0.2) is 17.9 Å². The largest absolute Gasteiger partial charge is 0.456 e. The zero-order valence-corrected chi connectivity index (χ0v) is 18.3. The van der Waals surface area contributed by atoms with Crippen LogP contribution in [0, 0.1) is 6.92 Å². The molecule has 1 aliphatic rings. The van der Waals surface area contributed by atoms with Gasteiger partial charge in [-0.2, -0.15) is 9.40 Å². The van der Waals surface area contributed by atoms with E-state index in [0.717, 1.165) is 22.6 Å². The predicted octanol–water partition coefficient (Wildman–Crippen LogP) is 4.23. The maximum absolute atomic E-state index is 13.2. The van der Waals surface area contributed by atoms with Crippen molar-refractivity contribution in [3.8, 4) is 11.5 Å². The molecule has 7 nitrogen and oxygen atoms in total. The highest BCUT2D eigenvalue weighted by Gasteiger charge is 2.30. The third-order valence-electron chi connectivity index (χ3n) is 5.26. The Bertz CT molecular complexity index is 1380. The average Bonchev–Trinajstić information content (AvgIpc) is 3.16. The van der Waals surface area contributed by atoms with Crippen LogP contribution in [0.3, 0.4) is 0 Å². The molecule has 2 aromatic carbocycles. The van der Waals surface area contributed by atoms with Gasteiger partial charge < -0.3 is 4.74 Å². The van der Waals surface area contributed by atoms with Crippen LogP contribution in [-0.4, -0.2) is 33.9 Å². The molecule has 0 radical (unpaired) electrons. The number of benzene rings is 2. The molecule has 9 heteroatoms. The number of aryl methyl sites for hydroxylation is 1. The van der Waals surface area contributed by atoms with Gasteiger partial charge in [-0.05, 0) is 43.3 Å². The van der Waals surface area contributed by atoms with E-state index in [0.29, 0.717) is 29.5 Å². The van der Waals surface area contributed by atoms with Crippen LogP contribution < -0.4 is 4.74 Å². The summed E-state index contributed by atoms with van der Waals surface area (Å²) >= 11 is 6.12. The molecule has 1 aliphatic heterocycles. The van der Waals surface area contributed by atoms with Crippen molar-refractivity contribution >= 4 is 27.3 Å². The number of rotatable bonds is 4. The molecule has 0 spiro atoms. The first-order valence-corrected chi connectivity index (χ1v) is 11.6. The summed E-state index contributed by atoms with van der Waals surface area (Å²) in [5.74, 6) is 1.02. The van der Waals surface area contributed by atoms with E-state index in [-0.39, 0.29) is 11.4 Å². The standard InChI is InChI=1S/C22H19ClN4O3S/c1-15-12-22-24-13-16-14-26(11-10-20(16)27(22)25-15)31(28,29)18-8-6-17(7-9-18)30-21-5-3-2-4-19(21)23/h2-9,12-13H,10-11,14H2,1H3. The van der Waals surface area contributed by atoms with Crippen LogP contribution >= 0.6 is 11.6 Å². The lowest BCUT2D eigenvalue weighted by Crippen LogP contribution is -2.37. The maximum Gasteiger partial charge on any atom is 0.243 e. The van der Waals surface area contributed by atoms with E-state index in [1.807, 2.05) is 29.6 Å². The van der Waals surface area contributed by atoms with Crippen LogP contribution in [0.15, 0.2) is 65.7 Å². The molecule has 5 rings (SSSR count). The molecule has 4 aromatic rings. The summed E-state index contributed by atoms with van der Waals surface area (Å²) in [6.07, 6.45) is 2.32. The van der Waals surface area contributed by atoms with Crippen molar-refractivity contribution in [2.24, 2.45) is 0 Å². The van der Waals surface area contributed by atoms with Gasteiger partial charge >= 0.3 is 0 Å². The number of para-hydroxylation sites is 1. The summed E-state index contributed by atoms with van der Waals surface area (Å²) in [5.41, 5.74) is 3.54. The monoisotopic (exact) mass is 454 g/mol. The van der Waals surface area contributed by atoms with Gasteiger partial charge in [-0.15, -0.1) is 0 Å². The third-order valence-corrected chi connectivity index (χ3v) is 7.43. The van der Waals surface area contributed by atoms with Gasteiger partial charge in [0.1, 0.15) is 11.5 Å². The van der Waals surface area contributed by atoms with E-state index in [1.54, 1.807) is 42.6 Å². The van der Waals surface area contributed by atoms with Crippen molar-refractivity contribution in [1.82, 2.24) is 18.9 Å². The van der Waals surface area contributed by atoms with E-state index in [1.165, 1.54) is 4.31 Å². The molecule has 0 saturated heterocycles. The molecule has 3 heterocycles. The van der Waals surface area contributed by atoms with Crippen LogP contribution in [0.5, 0.6) is 11.5 Å². The second-order valence-electron chi connectivity index (χ2n) is 7.38. The summed E-state index contributed by atoms with van der Waals surface area (Å²) in [7, 11) is -3.66. The lowest BCUT2D eigenvalue weighted by Gasteiger charge is -2.28. The number of ether oxygens (including phenoxy) is 1. The summed E-state index contributed by atoms with van der Waals surface area (Å²) in [6, 6.07) is 15.4. The Hall–Kier alpha value is -2.94. The number of aromatic nitrogens is 3. The molecule has 158 valence electrons. The minimum absolute atomic E-state index is 0.214. The average molecular weight is 455 g/mol. The first-order chi connectivity index (χ1) is 14.9. The Labute approximate surface area is 184 Å². The van der Waals surface area contributed by atoms with Gasteiger partial charge in [0, 0.05) is 37.3 Å². The van der Waals surface area contributed by atoms with Crippen molar-refractivity contribution < 1.29 is 13.2 Å². The quantitative estimate of drug-likeness (QED) is 0.461. The molecule has 0 saturated carbocycles. The molecular weight excluding hydrogens is 436 g/mol. The fraction of sp³-hybridized carbons (Fsp3) is 0.182. The van der Waals surface area contributed by atoms with Gasteiger partial charge in [0.05, 0.1) is 21.3 Å². The molecule has 0 aliphatic carbocycles. The van der Waals surface area contributed by atoms with E-state index >= 15 is 0 Å². The highest BCUT2D eigenvalue weighted by molar-refractivity contribution is 7.89. The third kappa shape index (κ3) is 3.67. The zero-order valence-electron chi connectivity index (χ0n) is 16.7. The van der Waals surface area contributed by atoms with Gasteiger partial charge in [-0.3, -0.25) is 0 Å². The minimum atomic E-state index is -3.66.